The Balaban J connectivity index is 2.67. The summed E-state index contributed by atoms with van der Waals surface area (Å²) < 4.78 is 11.5. The van der Waals surface area contributed by atoms with Gasteiger partial charge in [0.1, 0.15) is 12.1 Å². The van der Waals surface area contributed by atoms with Crippen molar-refractivity contribution in [1.29, 1.82) is 0 Å². The Morgan fingerprint density at radius 3 is 2.19 bits per heavy atom. The molecule has 1 aliphatic rings. The third-order valence-electron chi connectivity index (χ3n) is 5.00. The van der Waals surface area contributed by atoms with Crippen molar-refractivity contribution in [3.8, 4) is 0 Å². The van der Waals surface area contributed by atoms with Crippen LogP contribution in [0, 0.1) is 0 Å². The Bertz CT molecular complexity index is 511. The first-order valence-electron chi connectivity index (χ1n) is 9.20. The molecule has 0 aromatic carbocycles. The summed E-state index contributed by atoms with van der Waals surface area (Å²) in [5, 5.41) is 9.82. The maximum absolute atomic E-state index is 12.5. The molecule has 26 heavy (non-hydrogen) atoms. The van der Waals surface area contributed by atoms with Crippen LogP contribution in [0.25, 0.3) is 0 Å². The van der Waals surface area contributed by atoms with E-state index in [-0.39, 0.29) is 24.1 Å². The Hall–Kier alpha value is -1.12. The Labute approximate surface area is 158 Å². The lowest BCUT2D eigenvalue weighted by Gasteiger charge is -2.41. The molecule has 0 spiro atoms. The zero-order valence-electron chi connectivity index (χ0n) is 17.6. The molecule has 1 heterocycles. The first-order valence-corrected chi connectivity index (χ1v) is 12.1. The number of carbonyl (C=O) groups excluding carboxylic acids is 2. The van der Waals surface area contributed by atoms with Gasteiger partial charge in [-0.15, -0.1) is 0 Å². The second-order valence-corrected chi connectivity index (χ2v) is 14.2. The predicted molar refractivity (Wildman–Crippen MR) is 104 cm³/mol. The third-order valence-corrected chi connectivity index (χ3v) is 9.50. The highest BCUT2D eigenvalue weighted by Crippen LogP contribution is 2.36. The number of nitrogens with zero attached hydrogens (tertiary/aromatic N) is 2. The van der Waals surface area contributed by atoms with E-state index in [0.29, 0.717) is 19.7 Å². The number of rotatable bonds is 5. The lowest BCUT2D eigenvalue weighted by atomic mass is 10.2. The molecule has 0 aromatic rings. The summed E-state index contributed by atoms with van der Waals surface area (Å²) in [5.41, 5.74) is -0.595. The molecule has 1 atom stereocenters. The second-order valence-electron chi connectivity index (χ2n) is 9.40. The largest absolute Gasteiger partial charge is 0.444 e. The van der Waals surface area contributed by atoms with E-state index in [4.69, 9.17) is 9.16 Å². The highest BCUT2D eigenvalue weighted by atomic mass is 28.4. The summed E-state index contributed by atoms with van der Waals surface area (Å²) in [7, 11) is -1.96. The van der Waals surface area contributed by atoms with Gasteiger partial charge in [0.25, 0.3) is 0 Å². The quantitative estimate of drug-likeness (QED) is 0.732. The van der Waals surface area contributed by atoms with Crippen molar-refractivity contribution >= 4 is 20.3 Å². The van der Waals surface area contributed by atoms with Gasteiger partial charge >= 0.3 is 6.09 Å². The standard InChI is InChI=1S/C18H36N2O5Si/c1-17(2,3)25-16(23)19-9-10-20(15(22)11-19)14(12-21)13-24-26(7,8)18(4,5)6/h14,21H,9-13H2,1-8H3/t14-/m0/s1. The first kappa shape index (κ1) is 22.9. The number of ether oxygens (including phenoxy) is 1. The van der Waals surface area contributed by atoms with Crippen LogP contribution in [0.15, 0.2) is 0 Å². The number of aliphatic hydroxyl groups is 1. The number of hydrogen-bond acceptors (Lipinski definition) is 5. The van der Waals surface area contributed by atoms with Crippen LogP contribution >= 0.6 is 0 Å². The molecular weight excluding hydrogens is 352 g/mol. The molecule has 1 rings (SSSR count). The number of aliphatic hydroxyl groups excluding tert-OH is 1. The third kappa shape index (κ3) is 6.24. The number of piperazine rings is 1. The molecule has 0 radical (unpaired) electrons. The molecule has 0 aliphatic carbocycles. The van der Waals surface area contributed by atoms with E-state index in [9.17, 15) is 14.7 Å². The monoisotopic (exact) mass is 388 g/mol. The van der Waals surface area contributed by atoms with E-state index in [0.717, 1.165) is 0 Å². The van der Waals surface area contributed by atoms with Gasteiger partial charge in [0.05, 0.1) is 19.3 Å². The van der Waals surface area contributed by atoms with Crippen LogP contribution in [0.1, 0.15) is 41.5 Å². The van der Waals surface area contributed by atoms with Crippen LogP contribution in [-0.4, -0.2) is 79.7 Å². The van der Waals surface area contributed by atoms with Gasteiger partial charge in [-0.3, -0.25) is 9.69 Å². The van der Waals surface area contributed by atoms with Gasteiger partial charge in [0.15, 0.2) is 8.32 Å². The Morgan fingerprint density at radius 2 is 1.77 bits per heavy atom. The molecule has 0 unspecified atom stereocenters. The minimum absolute atomic E-state index is 0.0362. The number of carbonyl (C=O) groups is 2. The van der Waals surface area contributed by atoms with Crippen LogP contribution < -0.4 is 0 Å². The van der Waals surface area contributed by atoms with Crippen molar-refractivity contribution in [3.63, 3.8) is 0 Å². The fourth-order valence-electron chi connectivity index (χ4n) is 2.32. The van der Waals surface area contributed by atoms with E-state index in [2.05, 4.69) is 33.9 Å². The van der Waals surface area contributed by atoms with E-state index >= 15 is 0 Å². The molecule has 7 nitrogen and oxygen atoms in total. The van der Waals surface area contributed by atoms with Crippen molar-refractivity contribution in [1.82, 2.24) is 9.80 Å². The SMILES string of the molecule is CC(C)(C)OC(=O)N1CCN([C@@H](CO)CO[Si](C)(C)C(C)(C)C)C(=O)C1. The highest BCUT2D eigenvalue weighted by Gasteiger charge is 2.39. The van der Waals surface area contributed by atoms with Crippen LogP contribution in [0.5, 0.6) is 0 Å². The molecule has 0 bridgehead atoms. The normalized spacial score (nSPS) is 18.1. The molecule has 1 saturated heterocycles. The zero-order chi connectivity index (χ0) is 20.3. The summed E-state index contributed by atoms with van der Waals surface area (Å²) in [4.78, 5) is 27.7. The van der Waals surface area contributed by atoms with Gasteiger partial charge < -0.3 is 19.2 Å². The maximum atomic E-state index is 12.5. The van der Waals surface area contributed by atoms with Gasteiger partial charge in [-0.1, -0.05) is 20.8 Å². The zero-order valence-corrected chi connectivity index (χ0v) is 18.6. The molecule has 1 N–H and O–H groups in total. The number of hydrogen-bond donors (Lipinski definition) is 1. The fourth-order valence-corrected chi connectivity index (χ4v) is 3.36. The molecule has 1 aliphatic heterocycles. The van der Waals surface area contributed by atoms with Gasteiger partial charge in [-0.2, -0.15) is 0 Å². The summed E-state index contributed by atoms with van der Waals surface area (Å²) in [6.45, 7) is 17.0. The predicted octanol–water partition coefficient (Wildman–Crippen LogP) is 2.45. The van der Waals surface area contributed by atoms with E-state index in [1.54, 1.807) is 25.7 Å². The summed E-state index contributed by atoms with van der Waals surface area (Å²) >= 11 is 0. The first-order chi connectivity index (χ1) is 11.7. The van der Waals surface area contributed by atoms with Crippen molar-refractivity contribution in [2.24, 2.45) is 0 Å². The average Bonchev–Trinajstić information content (AvgIpc) is 2.46. The summed E-state index contributed by atoms with van der Waals surface area (Å²) in [5.74, 6) is -0.194. The molecule has 152 valence electrons. The summed E-state index contributed by atoms with van der Waals surface area (Å²) in [6, 6.07) is -0.391. The van der Waals surface area contributed by atoms with Crippen molar-refractivity contribution in [2.45, 2.75) is 71.3 Å². The van der Waals surface area contributed by atoms with Crippen LogP contribution in [0.3, 0.4) is 0 Å². The van der Waals surface area contributed by atoms with Gasteiger partial charge in [0, 0.05) is 13.1 Å². The second kappa shape index (κ2) is 8.27. The fraction of sp³-hybridized carbons (Fsp3) is 0.889. The maximum Gasteiger partial charge on any atom is 0.410 e. The lowest BCUT2D eigenvalue weighted by Crippen LogP contribution is -2.58. The molecule has 1 fully saturated rings. The minimum atomic E-state index is -1.96. The van der Waals surface area contributed by atoms with Crippen molar-refractivity contribution < 1.29 is 23.9 Å². The van der Waals surface area contributed by atoms with E-state index in [1.165, 1.54) is 4.90 Å². The molecule has 0 aromatic heterocycles. The van der Waals surface area contributed by atoms with Crippen LogP contribution in [0.4, 0.5) is 4.79 Å². The minimum Gasteiger partial charge on any atom is -0.444 e. The highest BCUT2D eigenvalue weighted by molar-refractivity contribution is 6.74. The number of amides is 2. The molecular formula is C18H36N2O5Si. The average molecular weight is 389 g/mol. The van der Waals surface area contributed by atoms with Gasteiger partial charge in [0.2, 0.25) is 5.91 Å². The smallest absolute Gasteiger partial charge is 0.410 e. The topological polar surface area (TPSA) is 79.3 Å². The Kier molecular flexibility index (Phi) is 7.29. The lowest BCUT2D eigenvalue weighted by molar-refractivity contribution is -0.140. The van der Waals surface area contributed by atoms with Gasteiger partial charge in [-0.05, 0) is 38.9 Å². The van der Waals surface area contributed by atoms with E-state index < -0.39 is 26.1 Å². The molecule has 8 heteroatoms. The van der Waals surface area contributed by atoms with Crippen molar-refractivity contribution in [2.75, 3.05) is 32.8 Å². The Morgan fingerprint density at radius 1 is 1.19 bits per heavy atom. The molecule has 2 amide bonds. The van der Waals surface area contributed by atoms with Crippen LogP contribution in [0.2, 0.25) is 18.1 Å². The molecule has 0 saturated carbocycles. The summed E-state index contributed by atoms with van der Waals surface area (Å²) in [6.07, 6.45) is -0.483. The van der Waals surface area contributed by atoms with E-state index in [1.807, 2.05) is 0 Å². The van der Waals surface area contributed by atoms with Gasteiger partial charge in [-0.25, -0.2) is 4.79 Å². The van der Waals surface area contributed by atoms with Crippen molar-refractivity contribution in [3.05, 3.63) is 0 Å². The van der Waals surface area contributed by atoms with Crippen LogP contribution in [-0.2, 0) is 14.0 Å².